The molecule has 9 heteroatoms. The summed E-state index contributed by atoms with van der Waals surface area (Å²) in [6.07, 6.45) is 4.51. The molecule has 1 amide bonds. The molecule has 35 heavy (non-hydrogen) atoms. The van der Waals surface area contributed by atoms with Crippen LogP contribution in [0.4, 0.5) is 5.82 Å². The molecule has 2 aromatic heterocycles. The fourth-order valence-electron chi connectivity index (χ4n) is 4.86. The van der Waals surface area contributed by atoms with Gasteiger partial charge >= 0.3 is 0 Å². The lowest BCUT2D eigenvalue weighted by atomic mass is 9.91. The van der Waals surface area contributed by atoms with Gasteiger partial charge in [-0.05, 0) is 48.1 Å². The number of carbonyl (C=O) groups excluding carboxylic acids is 1. The number of aromatic nitrogens is 2. The van der Waals surface area contributed by atoms with Crippen molar-refractivity contribution in [2.45, 2.75) is 26.8 Å². The van der Waals surface area contributed by atoms with Crippen LogP contribution in [-0.2, 0) is 11.3 Å². The quantitative estimate of drug-likeness (QED) is 0.344. The maximum Gasteiger partial charge on any atom is 0.267 e. The topological polar surface area (TPSA) is 57.9 Å². The number of hydrogen-bond acceptors (Lipinski definition) is 6. The summed E-state index contributed by atoms with van der Waals surface area (Å²) in [5.74, 6) is 1.35. The lowest BCUT2D eigenvalue weighted by Gasteiger charge is -2.36. The number of anilines is 1. The van der Waals surface area contributed by atoms with E-state index >= 15 is 0 Å². The maximum atomic E-state index is 13.6. The van der Waals surface area contributed by atoms with Gasteiger partial charge in [0.2, 0.25) is 0 Å². The second kappa shape index (κ2) is 9.76. The van der Waals surface area contributed by atoms with E-state index in [-0.39, 0.29) is 18.0 Å². The molecule has 5 rings (SSSR count). The van der Waals surface area contributed by atoms with Crippen LogP contribution in [0.1, 0.15) is 31.4 Å². The van der Waals surface area contributed by atoms with E-state index in [4.69, 9.17) is 28.8 Å². The third-order valence-corrected chi connectivity index (χ3v) is 8.10. The van der Waals surface area contributed by atoms with Gasteiger partial charge in [-0.2, -0.15) is 0 Å². The van der Waals surface area contributed by atoms with Gasteiger partial charge < -0.3 is 4.90 Å². The second-order valence-electron chi connectivity index (χ2n) is 9.29. The summed E-state index contributed by atoms with van der Waals surface area (Å²) in [4.78, 5) is 36.0. The third-order valence-electron chi connectivity index (χ3n) is 6.35. The Morgan fingerprint density at radius 3 is 2.57 bits per heavy atom. The van der Waals surface area contributed by atoms with Crippen LogP contribution >= 0.6 is 35.6 Å². The molecule has 0 unspecified atom stereocenters. The van der Waals surface area contributed by atoms with Crippen molar-refractivity contribution < 1.29 is 4.79 Å². The number of thiocarbonyl (C=S) groups is 1. The second-order valence-corrected chi connectivity index (χ2v) is 11.4. The number of rotatable bonds is 4. The highest BCUT2D eigenvalue weighted by Crippen LogP contribution is 2.36. The number of piperidine rings is 1. The molecule has 0 aliphatic carbocycles. The summed E-state index contributed by atoms with van der Waals surface area (Å²) < 4.78 is 1.97. The molecule has 2 saturated heterocycles. The van der Waals surface area contributed by atoms with Crippen molar-refractivity contribution in [3.63, 3.8) is 0 Å². The minimum atomic E-state index is -0.233. The number of pyridine rings is 1. The summed E-state index contributed by atoms with van der Waals surface area (Å²) in [6.45, 7) is 6.35. The van der Waals surface area contributed by atoms with E-state index in [1.54, 1.807) is 24.4 Å². The molecule has 3 aromatic rings. The van der Waals surface area contributed by atoms with Crippen LogP contribution in [0.5, 0.6) is 0 Å². The number of hydrogen-bond donors (Lipinski definition) is 0. The molecule has 0 spiro atoms. The molecule has 1 aromatic carbocycles. The largest absolute Gasteiger partial charge is 0.355 e. The molecule has 2 aliphatic heterocycles. The Morgan fingerprint density at radius 1 is 1.11 bits per heavy atom. The van der Waals surface area contributed by atoms with Crippen LogP contribution in [0.25, 0.3) is 11.7 Å². The van der Waals surface area contributed by atoms with Gasteiger partial charge in [-0.15, -0.1) is 0 Å². The molecular formula is C26H25ClN4O2S2. The minimum Gasteiger partial charge on any atom is -0.355 e. The van der Waals surface area contributed by atoms with Crippen molar-refractivity contribution in [3.05, 3.63) is 80.1 Å². The van der Waals surface area contributed by atoms with Crippen molar-refractivity contribution in [2.75, 3.05) is 18.0 Å². The number of fused-ring (bicyclic) bond motifs is 1. The SMILES string of the molecule is C[C@H]1C[C@H](C)CN(c2nc3ccccn3c(=O)c2/C=C2\SC(=S)N(Cc3ccccc3Cl)C2=O)C1. The Labute approximate surface area is 218 Å². The standard InChI is InChI=1S/C26H25ClN4O2S2/c1-16-11-17(2)14-29(13-16)23-19(24(32)30-10-6-5-9-22(30)28-23)12-21-25(33)31(26(34)35-21)15-18-7-3-4-8-20(18)27/h3-10,12,16-17H,11,13-15H2,1-2H3/b21-12-/t16-,17-/m0/s1. The van der Waals surface area contributed by atoms with E-state index < -0.39 is 0 Å². The predicted octanol–water partition coefficient (Wildman–Crippen LogP) is 5.23. The highest BCUT2D eigenvalue weighted by molar-refractivity contribution is 8.26. The Bertz CT molecular complexity index is 1410. The van der Waals surface area contributed by atoms with Crippen molar-refractivity contribution in [1.82, 2.24) is 14.3 Å². The normalized spacial score (nSPS) is 22.0. The molecule has 2 aliphatic rings. The number of amides is 1. The number of carbonyl (C=O) groups is 1. The summed E-state index contributed by atoms with van der Waals surface area (Å²) in [6, 6.07) is 12.9. The van der Waals surface area contributed by atoms with Crippen LogP contribution in [0, 0.1) is 11.8 Å². The van der Waals surface area contributed by atoms with Crippen LogP contribution in [0.2, 0.25) is 5.02 Å². The number of thioether (sulfide) groups is 1. The van der Waals surface area contributed by atoms with E-state index in [9.17, 15) is 9.59 Å². The lowest BCUT2D eigenvalue weighted by molar-refractivity contribution is -0.122. The van der Waals surface area contributed by atoms with E-state index in [1.807, 2.05) is 30.3 Å². The van der Waals surface area contributed by atoms with Crippen LogP contribution < -0.4 is 10.5 Å². The van der Waals surface area contributed by atoms with E-state index in [0.717, 1.165) is 25.1 Å². The van der Waals surface area contributed by atoms with Crippen molar-refractivity contribution in [2.24, 2.45) is 11.8 Å². The van der Waals surface area contributed by atoms with Crippen molar-refractivity contribution >= 4 is 63.3 Å². The zero-order chi connectivity index (χ0) is 24.7. The van der Waals surface area contributed by atoms with Gasteiger partial charge in [-0.3, -0.25) is 18.9 Å². The highest BCUT2D eigenvalue weighted by Gasteiger charge is 2.34. The molecule has 0 saturated carbocycles. The molecule has 0 radical (unpaired) electrons. The van der Waals surface area contributed by atoms with Gasteiger partial charge in [0, 0.05) is 24.3 Å². The van der Waals surface area contributed by atoms with Gasteiger partial charge in [-0.25, -0.2) is 4.98 Å². The van der Waals surface area contributed by atoms with E-state index in [2.05, 4.69) is 18.7 Å². The maximum absolute atomic E-state index is 13.6. The van der Waals surface area contributed by atoms with Gasteiger partial charge in [0.05, 0.1) is 17.0 Å². The molecule has 0 bridgehead atoms. The van der Waals surface area contributed by atoms with Crippen LogP contribution in [0.3, 0.4) is 0 Å². The first-order chi connectivity index (χ1) is 16.8. The predicted molar refractivity (Wildman–Crippen MR) is 147 cm³/mol. The summed E-state index contributed by atoms with van der Waals surface area (Å²) in [7, 11) is 0. The third kappa shape index (κ3) is 4.75. The van der Waals surface area contributed by atoms with Gasteiger partial charge in [0.25, 0.3) is 11.5 Å². The Hall–Kier alpha value is -2.68. The fraction of sp³-hybridized carbons (Fsp3) is 0.308. The molecule has 2 atom stereocenters. The summed E-state index contributed by atoms with van der Waals surface area (Å²) in [5, 5.41) is 0.582. The average molecular weight is 525 g/mol. The van der Waals surface area contributed by atoms with Gasteiger partial charge in [-0.1, -0.05) is 73.7 Å². The van der Waals surface area contributed by atoms with E-state index in [0.29, 0.717) is 43.1 Å². The zero-order valence-electron chi connectivity index (χ0n) is 19.5. The first-order valence-corrected chi connectivity index (χ1v) is 13.2. The Morgan fingerprint density at radius 2 is 1.83 bits per heavy atom. The molecule has 0 N–H and O–H groups in total. The smallest absolute Gasteiger partial charge is 0.267 e. The molecular weight excluding hydrogens is 500 g/mol. The average Bonchev–Trinajstić information content (AvgIpc) is 3.09. The van der Waals surface area contributed by atoms with E-state index in [1.165, 1.54) is 21.1 Å². The van der Waals surface area contributed by atoms with Crippen molar-refractivity contribution in [3.8, 4) is 0 Å². The zero-order valence-corrected chi connectivity index (χ0v) is 21.9. The molecule has 6 nitrogen and oxygen atoms in total. The monoisotopic (exact) mass is 524 g/mol. The Balaban J connectivity index is 1.57. The molecule has 4 heterocycles. The highest BCUT2D eigenvalue weighted by atomic mass is 35.5. The minimum absolute atomic E-state index is 0.201. The fourth-order valence-corrected chi connectivity index (χ4v) is 6.29. The first kappa shape index (κ1) is 24.0. The number of halogens is 1. The first-order valence-electron chi connectivity index (χ1n) is 11.6. The molecule has 180 valence electrons. The lowest BCUT2D eigenvalue weighted by Crippen LogP contribution is -2.40. The Kier molecular flexibility index (Phi) is 6.70. The van der Waals surface area contributed by atoms with Crippen LogP contribution in [0.15, 0.2) is 58.4 Å². The van der Waals surface area contributed by atoms with Crippen LogP contribution in [-0.4, -0.2) is 37.6 Å². The van der Waals surface area contributed by atoms with Crippen molar-refractivity contribution in [1.29, 1.82) is 0 Å². The number of nitrogens with zero attached hydrogens (tertiary/aromatic N) is 4. The van der Waals surface area contributed by atoms with Gasteiger partial charge in [0.15, 0.2) is 0 Å². The summed E-state index contributed by atoms with van der Waals surface area (Å²) >= 11 is 13.0. The molecule has 2 fully saturated rings. The summed E-state index contributed by atoms with van der Waals surface area (Å²) in [5.41, 5.74) is 1.61. The van der Waals surface area contributed by atoms with Gasteiger partial charge in [0.1, 0.15) is 15.8 Å². The number of benzene rings is 1.